The van der Waals surface area contributed by atoms with Crippen LogP contribution in [0.5, 0.6) is 23.0 Å². The summed E-state index contributed by atoms with van der Waals surface area (Å²) < 4.78 is 22.3. The van der Waals surface area contributed by atoms with Crippen molar-refractivity contribution in [2.45, 2.75) is 38.3 Å². The van der Waals surface area contributed by atoms with Crippen LogP contribution in [0.3, 0.4) is 0 Å². The number of nitrogens with zero attached hydrogens (tertiary/aromatic N) is 6. The van der Waals surface area contributed by atoms with E-state index in [2.05, 4.69) is 119 Å². The van der Waals surface area contributed by atoms with Gasteiger partial charge in [0.2, 0.25) is 0 Å². The van der Waals surface area contributed by atoms with E-state index in [1.54, 1.807) is 28.4 Å². The molecule has 10 nitrogen and oxygen atoms in total. The van der Waals surface area contributed by atoms with Gasteiger partial charge in [-0.1, -0.05) is 84.9 Å². The fraction of sp³-hybridized carbons (Fsp3) is 0.172. The molecule has 0 saturated heterocycles. The molecule has 4 heterocycles. The molecule has 338 valence electrons. The summed E-state index contributed by atoms with van der Waals surface area (Å²) in [5.74, 6) is 3.18. The Bertz CT molecular complexity index is 2950. The number of fused-ring (bicyclic) bond motifs is 4. The zero-order valence-corrected chi connectivity index (χ0v) is 38.6. The minimum atomic E-state index is -0.241. The van der Waals surface area contributed by atoms with E-state index in [1.807, 2.05) is 72.8 Å². The molecule has 4 aromatic heterocycles. The lowest BCUT2D eigenvalue weighted by Gasteiger charge is -2.43. The van der Waals surface area contributed by atoms with E-state index >= 15 is 0 Å². The SMILES string of the molecule is COc1ccc2nc(CN(Cc3ccc4cc(OC)ccc4n3)[C@H](c3ccccc3)[C@H](c3ccccc3)N(Cc3ccc4cc(OC)ccc4n3)Cc3ccc4cc(OC)ccc4n3)ccc2c1. The second-order valence-electron chi connectivity index (χ2n) is 17.0. The number of methoxy groups -OCH3 is 4. The smallest absolute Gasteiger partial charge is 0.119 e. The lowest BCUT2D eigenvalue weighted by molar-refractivity contribution is 0.0519. The quantitative estimate of drug-likeness (QED) is 0.0879. The van der Waals surface area contributed by atoms with Crippen molar-refractivity contribution in [2.75, 3.05) is 28.4 Å². The van der Waals surface area contributed by atoms with Crippen molar-refractivity contribution in [1.82, 2.24) is 29.7 Å². The predicted molar refractivity (Wildman–Crippen MR) is 270 cm³/mol. The second kappa shape index (κ2) is 19.9. The van der Waals surface area contributed by atoms with Crippen LogP contribution in [0.25, 0.3) is 43.6 Å². The molecule has 0 bridgehead atoms. The number of pyridine rings is 4. The highest BCUT2D eigenvalue weighted by Gasteiger charge is 2.36. The van der Waals surface area contributed by atoms with Crippen LogP contribution in [0, 0.1) is 0 Å². The van der Waals surface area contributed by atoms with Crippen LogP contribution < -0.4 is 18.9 Å². The molecule has 0 radical (unpaired) electrons. The maximum atomic E-state index is 5.57. The van der Waals surface area contributed by atoms with Gasteiger partial charge in [-0.2, -0.15) is 0 Å². The Balaban J connectivity index is 1.15. The normalized spacial score (nSPS) is 12.5. The van der Waals surface area contributed by atoms with E-state index in [0.717, 1.165) is 101 Å². The van der Waals surface area contributed by atoms with Crippen molar-refractivity contribution in [3.8, 4) is 23.0 Å². The van der Waals surface area contributed by atoms with Crippen molar-refractivity contribution in [3.05, 3.63) is 216 Å². The topological polar surface area (TPSA) is 95.0 Å². The van der Waals surface area contributed by atoms with Crippen LogP contribution in [0.2, 0.25) is 0 Å². The molecule has 68 heavy (non-hydrogen) atoms. The first-order chi connectivity index (χ1) is 33.4. The summed E-state index contributed by atoms with van der Waals surface area (Å²) in [7, 11) is 6.76. The van der Waals surface area contributed by atoms with Gasteiger partial charge in [-0.3, -0.25) is 29.7 Å². The van der Waals surface area contributed by atoms with Crippen molar-refractivity contribution in [3.63, 3.8) is 0 Å². The fourth-order valence-corrected chi connectivity index (χ4v) is 9.27. The summed E-state index contributed by atoms with van der Waals surface area (Å²) in [6.45, 7) is 2.08. The van der Waals surface area contributed by atoms with Crippen LogP contribution in [-0.2, 0) is 26.2 Å². The summed E-state index contributed by atoms with van der Waals surface area (Å²) in [6, 6.07) is 62.4. The number of ether oxygens (including phenoxy) is 4. The molecule has 6 aromatic carbocycles. The van der Waals surface area contributed by atoms with E-state index in [4.69, 9.17) is 38.9 Å². The lowest BCUT2D eigenvalue weighted by Crippen LogP contribution is -2.41. The Labute approximate surface area is 396 Å². The minimum absolute atomic E-state index is 0.241. The van der Waals surface area contributed by atoms with Gasteiger partial charge < -0.3 is 18.9 Å². The van der Waals surface area contributed by atoms with E-state index < -0.39 is 0 Å². The monoisotopic (exact) mass is 896 g/mol. The van der Waals surface area contributed by atoms with Crippen molar-refractivity contribution in [1.29, 1.82) is 0 Å². The van der Waals surface area contributed by atoms with Crippen LogP contribution in [0.4, 0.5) is 0 Å². The highest BCUT2D eigenvalue weighted by Crippen LogP contribution is 2.42. The Morgan fingerprint density at radius 1 is 0.324 bits per heavy atom. The van der Waals surface area contributed by atoms with E-state index in [-0.39, 0.29) is 12.1 Å². The average molecular weight is 897 g/mol. The third-order valence-electron chi connectivity index (χ3n) is 12.6. The summed E-state index contributed by atoms with van der Waals surface area (Å²) in [5, 5.41) is 4.06. The molecule has 2 atom stereocenters. The number of aromatic nitrogens is 4. The maximum absolute atomic E-state index is 5.57. The van der Waals surface area contributed by atoms with Gasteiger partial charge in [-0.15, -0.1) is 0 Å². The van der Waals surface area contributed by atoms with E-state index in [9.17, 15) is 0 Å². The lowest BCUT2D eigenvalue weighted by atomic mass is 9.89. The molecule has 0 aliphatic carbocycles. The Kier molecular flexibility index (Phi) is 12.9. The first kappa shape index (κ1) is 43.9. The molecule has 0 unspecified atom stereocenters. The van der Waals surface area contributed by atoms with Crippen LogP contribution in [-0.4, -0.2) is 58.2 Å². The predicted octanol–water partition coefficient (Wildman–Crippen LogP) is 12.1. The highest BCUT2D eigenvalue weighted by atomic mass is 16.5. The first-order valence-electron chi connectivity index (χ1n) is 22.8. The van der Waals surface area contributed by atoms with Crippen molar-refractivity contribution >= 4 is 43.6 Å². The molecule has 10 aromatic rings. The third kappa shape index (κ3) is 9.64. The molecule has 0 aliphatic rings. The van der Waals surface area contributed by atoms with Gasteiger partial charge in [0.1, 0.15) is 23.0 Å². The number of benzene rings is 6. The molecule has 10 heteroatoms. The third-order valence-corrected chi connectivity index (χ3v) is 12.6. The fourth-order valence-electron chi connectivity index (χ4n) is 9.27. The molecule has 0 amide bonds. The van der Waals surface area contributed by atoms with Crippen LogP contribution in [0.15, 0.2) is 182 Å². The summed E-state index contributed by atoms with van der Waals surface area (Å²) in [6.07, 6.45) is 0. The number of hydrogen-bond acceptors (Lipinski definition) is 10. The van der Waals surface area contributed by atoms with Gasteiger partial charge in [0.15, 0.2) is 0 Å². The summed E-state index contributed by atoms with van der Waals surface area (Å²) in [4.78, 5) is 26.2. The summed E-state index contributed by atoms with van der Waals surface area (Å²) >= 11 is 0. The van der Waals surface area contributed by atoms with Crippen LogP contribution in [0.1, 0.15) is 46.0 Å². The zero-order valence-electron chi connectivity index (χ0n) is 38.6. The Hall–Kier alpha value is -7.92. The van der Waals surface area contributed by atoms with Gasteiger partial charge in [0.05, 0.1) is 85.4 Å². The first-order valence-corrected chi connectivity index (χ1v) is 22.8. The van der Waals surface area contributed by atoms with Crippen molar-refractivity contribution in [2.24, 2.45) is 0 Å². The second-order valence-corrected chi connectivity index (χ2v) is 17.0. The Morgan fingerprint density at radius 2 is 0.588 bits per heavy atom. The molecule has 0 saturated carbocycles. The van der Waals surface area contributed by atoms with Gasteiger partial charge in [-0.25, -0.2) is 0 Å². The van der Waals surface area contributed by atoms with Gasteiger partial charge >= 0.3 is 0 Å². The van der Waals surface area contributed by atoms with Gasteiger partial charge in [0, 0.05) is 47.7 Å². The standard InChI is InChI=1S/C58H52N6O4/c1-65-49-23-27-53-41(31-49)15-19-45(59-53)35-63(36-46-20-16-42-32-50(66-2)24-28-54(42)60-46)57(39-11-7-5-8-12-39)58(40-13-9-6-10-14-40)64(37-47-21-17-43-33-51(67-3)25-29-55(43)61-47)38-48-22-18-44-34-52(68-4)26-30-56(44)62-48/h5-34,57-58H,35-38H2,1-4H3/t57-,58+. The molecule has 0 fully saturated rings. The van der Waals surface area contributed by atoms with E-state index in [0.29, 0.717) is 26.2 Å². The van der Waals surface area contributed by atoms with Crippen LogP contribution >= 0.6 is 0 Å². The molecular formula is C58H52N6O4. The number of hydrogen-bond donors (Lipinski definition) is 0. The maximum Gasteiger partial charge on any atom is 0.119 e. The minimum Gasteiger partial charge on any atom is -0.497 e. The molecule has 0 spiro atoms. The van der Waals surface area contributed by atoms with Gasteiger partial charge in [0.25, 0.3) is 0 Å². The molecule has 10 rings (SSSR count). The molecule has 0 N–H and O–H groups in total. The van der Waals surface area contributed by atoms with Crippen molar-refractivity contribution < 1.29 is 18.9 Å². The van der Waals surface area contributed by atoms with E-state index in [1.165, 1.54) is 0 Å². The summed E-state index contributed by atoms with van der Waals surface area (Å²) in [5.41, 5.74) is 9.65. The number of rotatable bonds is 17. The largest absolute Gasteiger partial charge is 0.497 e. The molecule has 0 aliphatic heterocycles. The molecular weight excluding hydrogens is 845 g/mol. The average Bonchev–Trinajstić information content (AvgIpc) is 3.39. The zero-order chi connectivity index (χ0) is 46.4. The Morgan fingerprint density at radius 3 is 0.838 bits per heavy atom. The highest BCUT2D eigenvalue weighted by molar-refractivity contribution is 5.82. The van der Waals surface area contributed by atoms with Gasteiger partial charge in [-0.05, 0) is 108 Å².